The fourth-order valence-electron chi connectivity index (χ4n) is 3.37. The molecular weight excluding hydrogens is 503 g/mol. The van der Waals surface area contributed by atoms with Crippen LogP contribution in [-0.2, 0) is 9.59 Å². The molecule has 0 bridgehead atoms. The number of anilines is 1. The van der Waals surface area contributed by atoms with Gasteiger partial charge in [-0.1, -0.05) is 41.9 Å². The van der Waals surface area contributed by atoms with Crippen LogP contribution in [0.3, 0.4) is 0 Å². The Morgan fingerprint density at radius 1 is 1.03 bits per heavy atom. The van der Waals surface area contributed by atoms with Crippen LogP contribution in [0.5, 0.6) is 0 Å². The average Bonchev–Trinajstić information content (AvgIpc) is 3.43. The lowest BCUT2D eigenvalue weighted by Crippen LogP contribution is -2.36. The van der Waals surface area contributed by atoms with Gasteiger partial charge in [-0.3, -0.25) is 9.59 Å². The number of benzene rings is 3. The summed E-state index contributed by atoms with van der Waals surface area (Å²) in [7, 11) is 0. The van der Waals surface area contributed by atoms with Crippen molar-refractivity contribution in [1.29, 1.82) is 0 Å². The summed E-state index contributed by atoms with van der Waals surface area (Å²) in [6, 6.07) is 15.7. The zero-order valence-electron chi connectivity index (χ0n) is 18.9. The number of hydrogen-bond acceptors (Lipinski definition) is 6. The Labute approximate surface area is 214 Å². The zero-order valence-corrected chi connectivity index (χ0v) is 19.6. The van der Waals surface area contributed by atoms with E-state index < -0.39 is 29.6 Å². The summed E-state index contributed by atoms with van der Waals surface area (Å²) >= 11 is 5.91. The number of aromatic nitrogens is 4. The van der Waals surface area contributed by atoms with Gasteiger partial charge >= 0.3 is 5.97 Å². The van der Waals surface area contributed by atoms with Gasteiger partial charge in [-0.2, -0.15) is 0 Å². The molecule has 12 heteroatoms. The lowest BCUT2D eigenvalue weighted by molar-refractivity contribution is -0.123. The summed E-state index contributed by atoms with van der Waals surface area (Å²) in [5.74, 6) is -3.15. The van der Waals surface area contributed by atoms with Crippen LogP contribution in [0.1, 0.15) is 27.5 Å². The lowest BCUT2D eigenvalue weighted by atomic mass is 10.1. The van der Waals surface area contributed by atoms with Gasteiger partial charge in [0.1, 0.15) is 6.04 Å². The second-order valence-electron chi connectivity index (χ2n) is 7.58. The topological polar surface area (TPSA) is 139 Å². The van der Waals surface area contributed by atoms with E-state index in [1.165, 1.54) is 48.8 Å². The van der Waals surface area contributed by atoms with Gasteiger partial charge < -0.3 is 15.7 Å². The first-order chi connectivity index (χ1) is 17.8. The minimum absolute atomic E-state index is 0.0557. The lowest BCUT2D eigenvalue weighted by Gasteiger charge is -2.18. The van der Waals surface area contributed by atoms with Crippen LogP contribution >= 0.6 is 11.6 Å². The third kappa shape index (κ3) is 6.03. The van der Waals surface area contributed by atoms with Gasteiger partial charge in [-0.15, -0.1) is 15.0 Å². The van der Waals surface area contributed by atoms with Crippen LogP contribution in [-0.4, -0.2) is 43.1 Å². The number of tetrazole rings is 1. The van der Waals surface area contributed by atoms with E-state index in [-0.39, 0.29) is 21.8 Å². The van der Waals surface area contributed by atoms with Gasteiger partial charge in [0.25, 0.3) is 5.91 Å². The summed E-state index contributed by atoms with van der Waals surface area (Å²) in [6.45, 7) is 0. The molecule has 0 aliphatic heterocycles. The second kappa shape index (κ2) is 11.2. The molecule has 1 heterocycles. The summed E-state index contributed by atoms with van der Waals surface area (Å²) in [4.78, 5) is 38.0. The molecule has 37 heavy (non-hydrogen) atoms. The molecule has 4 rings (SSSR count). The smallest absolute Gasteiger partial charge is 0.335 e. The molecule has 0 aliphatic carbocycles. The maximum absolute atomic E-state index is 14.8. The van der Waals surface area contributed by atoms with E-state index in [9.17, 15) is 18.8 Å². The van der Waals surface area contributed by atoms with Crippen molar-refractivity contribution in [3.8, 4) is 5.69 Å². The molecule has 1 atom stereocenters. The highest BCUT2D eigenvalue weighted by molar-refractivity contribution is 6.31. The Kier molecular flexibility index (Phi) is 7.65. The minimum Gasteiger partial charge on any atom is -0.478 e. The Hall–Kier alpha value is -4.90. The first-order valence-corrected chi connectivity index (χ1v) is 11.1. The normalized spacial score (nSPS) is 11.7. The highest BCUT2D eigenvalue weighted by Gasteiger charge is 2.22. The molecule has 0 saturated carbocycles. The molecule has 4 aromatic rings. The molecule has 0 spiro atoms. The van der Waals surface area contributed by atoms with Crippen molar-refractivity contribution in [2.45, 2.75) is 6.04 Å². The standard InChI is InChI=1S/C25H18ClFN6O4/c26-19-11-12-20(33-29-14-28-32-33)18(22(19)27)10-13-21(34)31-23(15-4-2-1-3-5-15)24(35)30-17-8-6-16(7-9-17)25(36)37/h1-14,23H,(H,30,35)(H,31,34)(H,36,37)/b13-10+. The average molecular weight is 521 g/mol. The van der Waals surface area contributed by atoms with Gasteiger partial charge in [-0.25, -0.2) is 9.18 Å². The third-order valence-electron chi connectivity index (χ3n) is 5.16. The van der Waals surface area contributed by atoms with Crippen molar-refractivity contribution in [3.05, 3.63) is 107 Å². The van der Waals surface area contributed by atoms with Gasteiger partial charge in [-0.05, 0) is 53.3 Å². The highest BCUT2D eigenvalue weighted by atomic mass is 35.5. The van der Waals surface area contributed by atoms with Crippen LogP contribution in [0.25, 0.3) is 11.8 Å². The van der Waals surface area contributed by atoms with E-state index in [1.54, 1.807) is 30.3 Å². The van der Waals surface area contributed by atoms with Crippen LogP contribution in [0.15, 0.2) is 79.1 Å². The maximum Gasteiger partial charge on any atom is 0.335 e. The first kappa shape index (κ1) is 25.2. The van der Waals surface area contributed by atoms with E-state index in [1.807, 2.05) is 0 Å². The molecule has 3 aromatic carbocycles. The summed E-state index contributed by atoms with van der Waals surface area (Å²) < 4.78 is 14.8. The Bertz CT molecular complexity index is 1460. The SMILES string of the molecule is O=C(/C=C/c1c(-n2ncnn2)ccc(Cl)c1F)NC(C(=O)Nc1ccc(C(=O)O)cc1)c1ccccc1. The molecule has 1 aromatic heterocycles. The van der Waals surface area contributed by atoms with Crippen molar-refractivity contribution >= 4 is 41.1 Å². The van der Waals surface area contributed by atoms with E-state index >= 15 is 0 Å². The number of halogens is 2. The van der Waals surface area contributed by atoms with E-state index in [4.69, 9.17) is 16.7 Å². The van der Waals surface area contributed by atoms with Crippen molar-refractivity contribution in [2.24, 2.45) is 0 Å². The molecule has 1 unspecified atom stereocenters. The number of nitrogens with one attached hydrogen (secondary N) is 2. The fraction of sp³-hybridized carbons (Fsp3) is 0.0400. The Morgan fingerprint density at radius 3 is 2.41 bits per heavy atom. The molecular formula is C25H18ClFN6O4. The molecule has 0 fully saturated rings. The van der Waals surface area contributed by atoms with Gasteiger partial charge in [0.15, 0.2) is 12.1 Å². The van der Waals surface area contributed by atoms with Gasteiger partial charge in [0.05, 0.1) is 16.3 Å². The zero-order chi connectivity index (χ0) is 26.4. The third-order valence-corrected chi connectivity index (χ3v) is 5.45. The predicted molar refractivity (Wildman–Crippen MR) is 133 cm³/mol. The predicted octanol–water partition coefficient (Wildman–Crippen LogP) is 3.66. The number of hydrogen-bond donors (Lipinski definition) is 3. The maximum atomic E-state index is 14.8. The molecule has 186 valence electrons. The van der Waals surface area contributed by atoms with Crippen LogP contribution in [0.2, 0.25) is 5.02 Å². The number of aromatic carboxylic acids is 1. The summed E-state index contributed by atoms with van der Waals surface area (Å²) in [5.41, 5.74) is 1.03. The van der Waals surface area contributed by atoms with Crippen LogP contribution in [0, 0.1) is 5.82 Å². The van der Waals surface area contributed by atoms with Gasteiger partial charge in [0, 0.05) is 17.3 Å². The first-order valence-electron chi connectivity index (χ1n) is 10.7. The van der Waals surface area contributed by atoms with E-state index in [0.717, 1.165) is 10.9 Å². The molecule has 10 nitrogen and oxygen atoms in total. The number of nitrogens with zero attached hydrogens (tertiary/aromatic N) is 4. The van der Waals surface area contributed by atoms with Crippen LogP contribution in [0.4, 0.5) is 10.1 Å². The number of carbonyl (C=O) groups excluding carboxylic acids is 2. The number of carbonyl (C=O) groups is 3. The molecule has 0 saturated heterocycles. The molecule has 0 radical (unpaired) electrons. The highest BCUT2D eigenvalue weighted by Crippen LogP contribution is 2.25. The molecule has 2 amide bonds. The Balaban J connectivity index is 1.57. The van der Waals surface area contributed by atoms with E-state index in [2.05, 4.69) is 26.0 Å². The van der Waals surface area contributed by atoms with E-state index in [0.29, 0.717) is 11.3 Å². The van der Waals surface area contributed by atoms with Crippen molar-refractivity contribution in [2.75, 3.05) is 5.32 Å². The number of amides is 2. The summed E-state index contributed by atoms with van der Waals surface area (Å²) in [5, 5.41) is 25.3. The van der Waals surface area contributed by atoms with Crippen molar-refractivity contribution < 1.29 is 23.9 Å². The second-order valence-corrected chi connectivity index (χ2v) is 7.98. The minimum atomic E-state index is -1.11. The Morgan fingerprint density at radius 2 is 1.76 bits per heavy atom. The number of carboxylic acid groups (broad SMARTS) is 1. The van der Waals surface area contributed by atoms with Crippen molar-refractivity contribution in [3.63, 3.8) is 0 Å². The quantitative estimate of drug-likeness (QED) is 0.301. The fourth-order valence-corrected chi connectivity index (χ4v) is 3.54. The number of carboxylic acids is 1. The monoisotopic (exact) mass is 520 g/mol. The number of rotatable bonds is 8. The van der Waals surface area contributed by atoms with Crippen LogP contribution < -0.4 is 10.6 Å². The van der Waals surface area contributed by atoms with Crippen molar-refractivity contribution in [1.82, 2.24) is 25.5 Å². The molecule has 0 aliphatic rings. The van der Waals surface area contributed by atoms with Gasteiger partial charge in [0.2, 0.25) is 5.91 Å². The summed E-state index contributed by atoms with van der Waals surface area (Å²) in [6.07, 6.45) is 3.42. The largest absolute Gasteiger partial charge is 0.478 e. The molecule has 3 N–H and O–H groups in total.